The molecule has 29 heavy (non-hydrogen) atoms. The molecule has 0 aliphatic carbocycles. The molecule has 0 fully saturated rings. The molecule has 2 aromatic rings. The van der Waals surface area contributed by atoms with Crippen LogP contribution in [-0.2, 0) is 19.0 Å². The summed E-state index contributed by atoms with van der Waals surface area (Å²) in [6.07, 6.45) is 5.48. The Labute approximate surface area is 179 Å². The van der Waals surface area contributed by atoms with Gasteiger partial charge in [-0.1, -0.05) is 50.3 Å². The summed E-state index contributed by atoms with van der Waals surface area (Å²) in [5, 5.41) is 29.2. The Morgan fingerprint density at radius 3 is 2.38 bits per heavy atom. The fraction of sp³-hybridized carbons (Fsp3) is 0.440. The predicted molar refractivity (Wildman–Crippen MR) is 123 cm³/mol. The van der Waals surface area contributed by atoms with Gasteiger partial charge in [0, 0.05) is 10.6 Å². The number of aliphatic hydroxyl groups excluding tert-OH is 2. The smallest absolute Gasteiger partial charge is 0.0685 e. The van der Waals surface area contributed by atoms with Crippen molar-refractivity contribution < 1.29 is 15.3 Å². The highest BCUT2D eigenvalue weighted by atomic mass is 32.2. The van der Waals surface area contributed by atoms with Crippen molar-refractivity contribution in [3.05, 3.63) is 70.8 Å². The van der Waals surface area contributed by atoms with Gasteiger partial charge in [0.2, 0.25) is 0 Å². The Balaban J connectivity index is 2.01. The molecule has 0 radical (unpaired) electrons. The van der Waals surface area contributed by atoms with Gasteiger partial charge in [-0.2, -0.15) is 0 Å². The minimum Gasteiger partial charge on any atom is -0.392 e. The zero-order valence-electron chi connectivity index (χ0n) is 17.8. The number of thioether (sulfide) groups is 1. The topological polar surface area (TPSA) is 60.7 Å². The van der Waals surface area contributed by atoms with Gasteiger partial charge in [-0.25, -0.2) is 0 Å². The Morgan fingerprint density at radius 2 is 1.72 bits per heavy atom. The van der Waals surface area contributed by atoms with Crippen LogP contribution in [0.4, 0.5) is 0 Å². The first-order chi connectivity index (χ1) is 13.9. The van der Waals surface area contributed by atoms with E-state index < -0.39 is 5.60 Å². The molecule has 0 aliphatic heterocycles. The van der Waals surface area contributed by atoms with Gasteiger partial charge in [0.05, 0.1) is 18.8 Å². The number of aliphatic hydroxyl groups is 3. The molecule has 3 N–H and O–H groups in total. The van der Waals surface area contributed by atoms with Gasteiger partial charge >= 0.3 is 0 Å². The molecule has 158 valence electrons. The molecule has 0 aromatic heterocycles. The van der Waals surface area contributed by atoms with E-state index in [1.165, 1.54) is 16.0 Å². The summed E-state index contributed by atoms with van der Waals surface area (Å²) in [4.78, 5) is 1.20. The molecule has 2 rings (SSSR count). The van der Waals surface area contributed by atoms with Crippen LogP contribution in [-0.4, -0.2) is 20.9 Å². The minimum absolute atomic E-state index is 0.0507. The Hall–Kier alpha value is -1.59. The van der Waals surface area contributed by atoms with Crippen LogP contribution in [0.2, 0.25) is 0 Å². The molecule has 0 heterocycles. The summed E-state index contributed by atoms with van der Waals surface area (Å²) >= 11 is 1.76. The monoisotopic (exact) mass is 414 g/mol. The van der Waals surface area contributed by atoms with E-state index >= 15 is 0 Å². The SMILES string of the molecule is CCC(O)(CC)CC/C=C(\C)c1cccc(SCc2ccc(CO)c(CO)c2)c1. The standard InChI is InChI=1S/C25H34O3S/c1-4-25(28,5-2)13-7-8-19(3)21-9-6-10-24(15-21)29-18-20-11-12-22(16-26)23(14-20)17-27/h6,8-12,14-15,26-28H,4-5,7,13,16-18H2,1-3H3/b19-8+. The number of allylic oxidation sites excluding steroid dienone is 2. The Kier molecular flexibility index (Phi) is 9.44. The first-order valence-corrected chi connectivity index (χ1v) is 11.4. The molecule has 4 heteroatoms. The maximum Gasteiger partial charge on any atom is 0.0685 e. The second kappa shape index (κ2) is 11.6. The molecule has 0 aliphatic rings. The van der Waals surface area contributed by atoms with Crippen molar-refractivity contribution >= 4 is 17.3 Å². The molecule has 0 saturated carbocycles. The average Bonchev–Trinajstić information content (AvgIpc) is 2.77. The van der Waals surface area contributed by atoms with E-state index in [0.29, 0.717) is 0 Å². The molecule has 0 saturated heterocycles. The lowest BCUT2D eigenvalue weighted by molar-refractivity contribution is 0.0246. The van der Waals surface area contributed by atoms with Gasteiger partial charge in [-0.05, 0) is 72.6 Å². The van der Waals surface area contributed by atoms with Crippen LogP contribution in [0.3, 0.4) is 0 Å². The predicted octanol–water partition coefficient (Wildman–Crippen LogP) is 5.70. The van der Waals surface area contributed by atoms with E-state index in [4.69, 9.17) is 0 Å². The van der Waals surface area contributed by atoms with E-state index in [0.717, 1.165) is 48.1 Å². The van der Waals surface area contributed by atoms with Gasteiger partial charge in [-0.15, -0.1) is 11.8 Å². The summed E-state index contributed by atoms with van der Waals surface area (Å²) in [5.41, 5.74) is 4.59. The van der Waals surface area contributed by atoms with Crippen LogP contribution < -0.4 is 0 Å². The van der Waals surface area contributed by atoms with Crippen LogP contribution in [0.15, 0.2) is 53.4 Å². The number of hydrogen-bond donors (Lipinski definition) is 3. The third-order valence-corrected chi connectivity index (χ3v) is 6.75. The van der Waals surface area contributed by atoms with E-state index in [1.54, 1.807) is 11.8 Å². The molecule has 0 bridgehead atoms. The molecule has 0 amide bonds. The highest BCUT2D eigenvalue weighted by molar-refractivity contribution is 7.98. The zero-order valence-corrected chi connectivity index (χ0v) is 18.6. The van der Waals surface area contributed by atoms with Crippen LogP contribution in [0, 0.1) is 0 Å². The normalized spacial score (nSPS) is 12.4. The van der Waals surface area contributed by atoms with E-state index in [1.807, 2.05) is 32.0 Å². The maximum atomic E-state index is 10.4. The number of rotatable bonds is 11. The summed E-state index contributed by atoms with van der Waals surface area (Å²) in [7, 11) is 0. The van der Waals surface area contributed by atoms with Gasteiger partial charge in [0.1, 0.15) is 0 Å². The molecular formula is C25H34O3S. The van der Waals surface area contributed by atoms with Crippen LogP contribution in [0.1, 0.15) is 68.7 Å². The highest BCUT2D eigenvalue weighted by Gasteiger charge is 2.20. The maximum absolute atomic E-state index is 10.4. The lowest BCUT2D eigenvalue weighted by Gasteiger charge is -2.24. The molecule has 3 nitrogen and oxygen atoms in total. The lowest BCUT2D eigenvalue weighted by atomic mass is 9.91. The first-order valence-electron chi connectivity index (χ1n) is 10.4. The summed E-state index contributed by atoms with van der Waals surface area (Å²) in [5.74, 6) is 0.810. The van der Waals surface area contributed by atoms with Crippen molar-refractivity contribution in [2.24, 2.45) is 0 Å². The van der Waals surface area contributed by atoms with Gasteiger partial charge in [0.15, 0.2) is 0 Å². The number of benzene rings is 2. The second-order valence-electron chi connectivity index (χ2n) is 7.59. The number of hydrogen-bond acceptors (Lipinski definition) is 4. The third kappa shape index (κ3) is 7.00. The summed E-state index contributed by atoms with van der Waals surface area (Å²) in [6.45, 7) is 6.11. The van der Waals surface area contributed by atoms with Crippen molar-refractivity contribution in [3.8, 4) is 0 Å². The molecule has 2 aromatic carbocycles. The second-order valence-corrected chi connectivity index (χ2v) is 8.64. The molecule has 0 spiro atoms. The lowest BCUT2D eigenvalue weighted by Crippen LogP contribution is -2.25. The largest absolute Gasteiger partial charge is 0.392 e. The van der Waals surface area contributed by atoms with Crippen LogP contribution in [0.25, 0.3) is 5.57 Å². The Bertz CT molecular complexity index is 809. The van der Waals surface area contributed by atoms with Gasteiger partial charge in [-0.3, -0.25) is 0 Å². The van der Waals surface area contributed by atoms with Crippen molar-refractivity contribution in [1.82, 2.24) is 0 Å². The molecule has 0 atom stereocenters. The zero-order chi connectivity index (χ0) is 21.3. The average molecular weight is 415 g/mol. The minimum atomic E-state index is -0.548. The fourth-order valence-electron chi connectivity index (χ4n) is 3.35. The quantitative estimate of drug-likeness (QED) is 0.413. The van der Waals surface area contributed by atoms with Crippen molar-refractivity contribution in [2.75, 3.05) is 0 Å². The summed E-state index contributed by atoms with van der Waals surface area (Å²) in [6, 6.07) is 14.4. The van der Waals surface area contributed by atoms with Crippen LogP contribution >= 0.6 is 11.8 Å². The van der Waals surface area contributed by atoms with E-state index in [9.17, 15) is 15.3 Å². The Morgan fingerprint density at radius 1 is 1.00 bits per heavy atom. The summed E-state index contributed by atoms with van der Waals surface area (Å²) < 4.78 is 0. The fourth-order valence-corrected chi connectivity index (χ4v) is 4.25. The molecular weight excluding hydrogens is 380 g/mol. The molecule has 0 unspecified atom stereocenters. The first kappa shape index (κ1) is 23.7. The highest BCUT2D eigenvalue weighted by Crippen LogP contribution is 2.28. The van der Waals surface area contributed by atoms with Crippen molar-refractivity contribution in [3.63, 3.8) is 0 Å². The van der Waals surface area contributed by atoms with E-state index in [2.05, 4.69) is 37.3 Å². The third-order valence-electron chi connectivity index (χ3n) is 5.68. The van der Waals surface area contributed by atoms with Gasteiger partial charge in [0.25, 0.3) is 0 Å². The van der Waals surface area contributed by atoms with Crippen molar-refractivity contribution in [1.29, 1.82) is 0 Å². The van der Waals surface area contributed by atoms with E-state index in [-0.39, 0.29) is 13.2 Å². The van der Waals surface area contributed by atoms with Crippen molar-refractivity contribution in [2.45, 2.75) is 75.9 Å². The van der Waals surface area contributed by atoms with Crippen LogP contribution in [0.5, 0.6) is 0 Å². The van der Waals surface area contributed by atoms with Gasteiger partial charge < -0.3 is 15.3 Å².